The van der Waals surface area contributed by atoms with Crippen LogP contribution in [-0.4, -0.2) is 23.4 Å². The average Bonchev–Trinajstić information content (AvgIpc) is 3.17. The molecule has 0 aliphatic heterocycles. The minimum atomic E-state index is -0.871. The second-order valence-corrected chi connectivity index (χ2v) is 7.44. The van der Waals surface area contributed by atoms with Crippen molar-refractivity contribution in [2.75, 3.05) is 11.9 Å². The predicted molar refractivity (Wildman–Crippen MR) is 115 cm³/mol. The monoisotopic (exact) mass is 438 g/mol. The Kier molecular flexibility index (Phi) is 5.22. The predicted octanol–water partition coefficient (Wildman–Crippen LogP) is 4.34. The topological polar surface area (TPSA) is 129 Å². The van der Waals surface area contributed by atoms with E-state index in [0.29, 0.717) is 22.3 Å². The van der Waals surface area contributed by atoms with E-state index < -0.39 is 22.4 Å². The summed E-state index contributed by atoms with van der Waals surface area (Å²) >= 11 is 0.592. The molecular formula is C21H14N2O7S. The normalized spacial score (nSPS) is 10.9. The lowest BCUT2D eigenvalue weighted by Crippen LogP contribution is -2.21. The number of fused-ring (bicyclic) bond motifs is 3. The van der Waals surface area contributed by atoms with Crippen molar-refractivity contribution in [3.63, 3.8) is 0 Å². The molecule has 2 aromatic heterocycles. The average molecular weight is 438 g/mol. The molecule has 10 heteroatoms. The van der Waals surface area contributed by atoms with E-state index in [4.69, 9.17) is 9.15 Å². The van der Waals surface area contributed by atoms with Gasteiger partial charge in [0.2, 0.25) is 0 Å². The van der Waals surface area contributed by atoms with Crippen LogP contribution in [0.5, 0.6) is 0 Å². The van der Waals surface area contributed by atoms with Gasteiger partial charge in [-0.1, -0.05) is 30.3 Å². The molecule has 1 amide bonds. The van der Waals surface area contributed by atoms with E-state index in [9.17, 15) is 24.5 Å². The molecule has 0 aliphatic rings. The first-order valence-electron chi connectivity index (χ1n) is 9.11. The Morgan fingerprint density at radius 3 is 2.65 bits per heavy atom. The van der Waals surface area contributed by atoms with Crippen LogP contribution in [0.4, 0.5) is 10.0 Å². The highest BCUT2D eigenvalue weighted by molar-refractivity contribution is 7.19. The maximum atomic E-state index is 12.8. The first kappa shape index (κ1) is 20.2. The van der Waals surface area contributed by atoms with Crippen molar-refractivity contribution in [1.82, 2.24) is 0 Å². The number of nitrogens with zero attached hydrogens (tertiary/aromatic N) is 1. The van der Waals surface area contributed by atoms with Crippen molar-refractivity contribution >= 4 is 55.0 Å². The van der Waals surface area contributed by atoms with Gasteiger partial charge in [-0.2, -0.15) is 0 Å². The molecule has 2 aromatic carbocycles. The molecule has 0 spiro atoms. The van der Waals surface area contributed by atoms with Crippen LogP contribution in [0.15, 0.2) is 57.7 Å². The number of thiophene rings is 1. The molecule has 0 bridgehead atoms. The highest BCUT2D eigenvalue weighted by Gasteiger charge is 2.25. The molecule has 0 saturated heterocycles. The van der Waals surface area contributed by atoms with Crippen molar-refractivity contribution in [2.24, 2.45) is 0 Å². The fraction of sp³-hybridized carbons (Fsp3) is 0.0952. The van der Waals surface area contributed by atoms with Crippen molar-refractivity contribution in [3.05, 3.63) is 80.2 Å². The lowest BCUT2D eigenvalue weighted by Gasteiger charge is -2.07. The number of nitro groups is 1. The van der Waals surface area contributed by atoms with Gasteiger partial charge in [-0.05, 0) is 41.2 Å². The molecule has 1 N–H and O–H groups in total. The van der Waals surface area contributed by atoms with Gasteiger partial charge in [0, 0.05) is 11.5 Å². The number of carbonyl (C=O) groups is 2. The molecule has 0 aliphatic carbocycles. The van der Waals surface area contributed by atoms with E-state index in [1.807, 2.05) is 24.3 Å². The van der Waals surface area contributed by atoms with Gasteiger partial charge in [-0.3, -0.25) is 14.9 Å². The smallest absolute Gasteiger partial charge is 0.349 e. The van der Waals surface area contributed by atoms with E-state index in [0.717, 1.165) is 16.8 Å². The van der Waals surface area contributed by atoms with Crippen LogP contribution in [0.25, 0.3) is 21.7 Å². The minimum absolute atomic E-state index is 0.0528. The number of nitrogens with one attached hydrogen (secondary N) is 1. The summed E-state index contributed by atoms with van der Waals surface area (Å²) in [6, 6.07) is 13.3. The van der Waals surface area contributed by atoms with E-state index in [1.54, 1.807) is 19.1 Å². The fourth-order valence-corrected chi connectivity index (χ4v) is 3.98. The molecule has 156 valence electrons. The summed E-state index contributed by atoms with van der Waals surface area (Å²) in [5.41, 5.74) is -1.01. The zero-order valence-electron chi connectivity index (χ0n) is 16.0. The summed E-state index contributed by atoms with van der Waals surface area (Å²) in [4.78, 5) is 47.8. The second kappa shape index (κ2) is 8.00. The number of esters is 1. The highest BCUT2D eigenvalue weighted by Crippen LogP contribution is 2.34. The van der Waals surface area contributed by atoms with Crippen molar-refractivity contribution < 1.29 is 23.7 Å². The van der Waals surface area contributed by atoms with Crippen LogP contribution < -0.4 is 10.9 Å². The number of carbonyl (C=O) groups excluding carboxylic acids is 2. The Hall–Kier alpha value is -4.05. The molecule has 4 aromatic rings. The van der Waals surface area contributed by atoms with Crippen molar-refractivity contribution in [3.8, 4) is 0 Å². The highest BCUT2D eigenvalue weighted by atomic mass is 32.1. The van der Waals surface area contributed by atoms with Gasteiger partial charge in [0.1, 0.15) is 21.7 Å². The second-order valence-electron chi connectivity index (χ2n) is 6.41. The van der Waals surface area contributed by atoms with Crippen LogP contribution in [0.1, 0.15) is 27.6 Å². The lowest BCUT2D eigenvalue weighted by molar-refractivity contribution is -0.380. The van der Waals surface area contributed by atoms with Crippen LogP contribution in [0.3, 0.4) is 0 Å². The third-order valence-electron chi connectivity index (χ3n) is 4.51. The van der Waals surface area contributed by atoms with Gasteiger partial charge < -0.3 is 14.5 Å². The quantitative estimate of drug-likeness (QED) is 0.161. The Morgan fingerprint density at radius 1 is 1.13 bits per heavy atom. The first-order chi connectivity index (χ1) is 14.9. The Bertz CT molecular complexity index is 1420. The van der Waals surface area contributed by atoms with Gasteiger partial charge in [-0.15, -0.1) is 0 Å². The minimum Gasteiger partial charge on any atom is -0.462 e. The molecular weight excluding hydrogens is 424 g/mol. The van der Waals surface area contributed by atoms with Crippen LogP contribution in [0, 0.1) is 10.1 Å². The standard InChI is InChI=1S/C21H14N2O7S/c1-2-29-20(25)15-10-17(23(27)28)31-19(15)22-18(24)14-9-13-12-6-4-3-5-11(12)7-8-16(13)30-21(14)26/h3-10H,2H2,1H3,(H,22,24). The number of ether oxygens (including phenoxy) is 1. The number of benzene rings is 2. The van der Waals surface area contributed by atoms with Crippen molar-refractivity contribution in [1.29, 1.82) is 0 Å². The van der Waals surface area contributed by atoms with Gasteiger partial charge >= 0.3 is 16.6 Å². The largest absolute Gasteiger partial charge is 0.462 e. The third kappa shape index (κ3) is 3.76. The Labute approximate surface area is 178 Å². The van der Waals surface area contributed by atoms with E-state index in [2.05, 4.69) is 5.32 Å². The SMILES string of the molecule is CCOC(=O)c1cc([N+](=O)[O-])sc1NC(=O)c1cc2c(ccc3ccccc32)oc1=O. The molecule has 31 heavy (non-hydrogen) atoms. The summed E-state index contributed by atoms with van der Waals surface area (Å²) in [6.45, 7) is 1.64. The summed E-state index contributed by atoms with van der Waals surface area (Å²) < 4.78 is 10.2. The summed E-state index contributed by atoms with van der Waals surface area (Å²) in [6.07, 6.45) is 0. The molecule has 9 nitrogen and oxygen atoms in total. The summed E-state index contributed by atoms with van der Waals surface area (Å²) in [7, 11) is 0. The third-order valence-corrected chi connectivity index (χ3v) is 5.51. The van der Waals surface area contributed by atoms with Gasteiger partial charge in [0.25, 0.3) is 5.91 Å². The van der Waals surface area contributed by atoms with Gasteiger partial charge in [-0.25, -0.2) is 9.59 Å². The Balaban J connectivity index is 1.78. The number of amides is 1. The van der Waals surface area contributed by atoms with Crippen LogP contribution in [-0.2, 0) is 4.74 Å². The Morgan fingerprint density at radius 2 is 1.90 bits per heavy atom. The first-order valence-corrected chi connectivity index (χ1v) is 9.93. The van der Waals surface area contributed by atoms with Gasteiger partial charge in [0.15, 0.2) is 0 Å². The van der Waals surface area contributed by atoms with Gasteiger partial charge in [0.05, 0.1) is 11.5 Å². The molecule has 0 radical (unpaired) electrons. The molecule has 0 saturated carbocycles. The summed E-state index contributed by atoms with van der Waals surface area (Å²) in [5, 5.41) is 15.3. The maximum Gasteiger partial charge on any atom is 0.349 e. The molecule has 0 fully saturated rings. The number of anilines is 1. The van der Waals surface area contributed by atoms with Crippen molar-refractivity contribution in [2.45, 2.75) is 6.92 Å². The molecule has 0 unspecified atom stereocenters. The zero-order chi connectivity index (χ0) is 22.1. The number of hydrogen-bond acceptors (Lipinski definition) is 8. The number of rotatable bonds is 5. The number of hydrogen-bond donors (Lipinski definition) is 1. The zero-order valence-corrected chi connectivity index (χ0v) is 16.9. The van der Waals surface area contributed by atoms with E-state index >= 15 is 0 Å². The van der Waals surface area contributed by atoms with E-state index in [-0.39, 0.29) is 27.7 Å². The summed E-state index contributed by atoms with van der Waals surface area (Å²) in [5.74, 6) is -1.68. The maximum absolute atomic E-state index is 12.8. The van der Waals surface area contributed by atoms with Crippen LogP contribution in [0.2, 0.25) is 0 Å². The molecule has 4 rings (SSSR count). The van der Waals surface area contributed by atoms with Crippen LogP contribution >= 0.6 is 11.3 Å². The molecule has 0 atom stereocenters. The lowest BCUT2D eigenvalue weighted by atomic mass is 10.0. The molecule has 2 heterocycles. The fourth-order valence-electron chi connectivity index (χ4n) is 3.12. The van der Waals surface area contributed by atoms with E-state index in [1.165, 1.54) is 6.07 Å².